The van der Waals surface area contributed by atoms with E-state index in [0.717, 1.165) is 31.7 Å². The molecule has 5 nitrogen and oxygen atoms in total. The van der Waals surface area contributed by atoms with E-state index >= 15 is 0 Å². The average molecular weight is 251 g/mol. The second-order valence-electron chi connectivity index (χ2n) is 4.43. The summed E-state index contributed by atoms with van der Waals surface area (Å²) in [7, 11) is 1.88. The van der Waals surface area contributed by atoms with Crippen LogP contribution >= 0.6 is 0 Å². The maximum atomic E-state index is 8.74. The van der Waals surface area contributed by atoms with Crippen molar-refractivity contribution in [2.45, 2.75) is 18.9 Å². The Kier molecular flexibility index (Phi) is 4.78. The zero-order chi connectivity index (χ0) is 12.8. The highest BCUT2D eigenvalue weighted by Crippen LogP contribution is 2.22. The number of anilines is 2. The molecule has 0 bridgehead atoms. The fourth-order valence-electron chi connectivity index (χ4n) is 2.25. The van der Waals surface area contributed by atoms with Gasteiger partial charge in [-0.3, -0.25) is 0 Å². The Morgan fingerprint density at radius 2 is 2.28 bits per heavy atom. The first-order chi connectivity index (χ1) is 8.83. The SMILES string of the molecule is CNc1cc(N2CCC(OCCO)CC2)ccn1. The van der Waals surface area contributed by atoms with Crippen molar-refractivity contribution in [3.05, 3.63) is 18.3 Å². The monoisotopic (exact) mass is 251 g/mol. The maximum Gasteiger partial charge on any atom is 0.127 e. The Hall–Kier alpha value is -1.33. The summed E-state index contributed by atoms with van der Waals surface area (Å²) in [5.74, 6) is 0.895. The van der Waals surface area contributed by atoms with Gasteiger partial charge in [0.15, 0.2) is 0 Å². The summed E-state index contributed by atoms with van der Waals surface area (Å²) in [6, 6.07) is 4.10. The lowest BCUT2D eigenvalue weighted by atomic mass is 10.1. The number of aliphatic hydroxyl groups is 1. The van der Waals surface area contributed by atoms with Crippen molar-refractivity contribution >= 4 is 11.5 Å². The first-order valence-corrected chi connectivity index (χ1v) is 6.44. The number of hydrogen-bond acceptors (Lipinski definition) is 5. The number of piperidine rings is 1. The van der Waals surface area contributed by atoms with Gasteiger partial charge in [0.2, 0.25) is 0 Å². The van der Waals surface area contributed by atoms with Crippen LogP contribution < -0.4 is 10.2 Å². The molecule has 18 heavy (non-hydrogen) atoms. The molecule has 1 aromatic rings. The minimum atomic E-state index is 0.107. The van der Waals surface area contributed by atoms with Crippen molar-refractivity contribution < 1.29 is 9.84 Å². The van der Waals surface area contributed by atoms with Crippen LogP contribution in [0.3, 0.4) is 0 Å². The highest BCUT2D eigenvalue weighted by Gasteiger charge is 2.19. The van der Waals surface area contributed by atoms with E-state index < -0.39 is 0 Å². The largest absolute Gasteiger partial charge is 0.394 e. The third-order valence-corrected chi connectivity index (χ3v) is 3.25. The Bertz CT molecular complexity index is 365. The van der Waals surface area contributed by atoms with Crippen LogP contribution in [0.5, 0.6) is 0 Å². The van der Waals surface area contributed by atoms with Crippen LogP contribution in [0.1, 0.15) is 12.8 Å². The van der Waals surface area contributed by atoms with Crippen LogP contribution in [0.4, 0.5) is 11.5 Å². The number of pyridine rings is 1. The number of ether oxygens (including phenoxy) is 1. The molecule has 1 aliphatic rings. The predicted octanol–water partition coefficient (Wildman–Crippen LogP) is 1.10. The summed E-state index contributed by atoms with van der Waals surface area (Å²) in [6.07, 6.45) is 4.14. The maximum absolute atomic E-state index is 8.74. The number of aliphatic hydroxyl groups excluding tert-OH is 1. The van der Waals surface area contributed by atoms with Crippen molar-refractivity contribution in [3.8, 4) is 0 Å². The normalized spacial score (nSPS) is 16.9. The highest BCUT2D eigenvalue weighted by molar-refractivity contribution is 5.53. The van der Waals surface area contributed by atoms with Gasteiger partial charge in [-0.15, -0.1) is 0 Å². The van der Waals surface area contributed by atoms with Gasteiger partial charge in [-0.2, -0.15) is 0 Å². The van der Waals surface area contributed by atoms with E-state index in [4.69, 9.17) is 9.84 Å². The van der Waals surface area contributed by atoms with Crippen molar-refractivity contribution in [2.24, 2.45) is 0 Å². The molecule has 0 aromatic carbocycles. The molecular weight excluding hydrogens is 230 g/mol. The van der Waals surface area contributed by atoms with Gasteiger partial charge >= 0.3 is 0 Å². The van der Waals surface area contributed by atoms with Gasteiger partial charge in [0.25, 0.3) is 0 Å². The van der Waals surface area contributed by atoms with Crippen LogP contribution in [0.15, 0.2) is 18.3 Å². The first kappa shape index (κ1) is 13.1. The molecule has 0 saturated carbocycles. The predicted molar refractivity (Wildman–Crippen MR) is 72.1 cm³/mol. The van der Waals surface area contributed by atoms with Gasteiger partial charge in [-0.25, -0.2) is 4.98 Å². The molecule has 2 N–H and O–H groups in total. The molecule has 0 aliphatic carbocycles. The summed E-state index contributed by atoms with van der Waals surface area (Å²) in [5.41, 5.74) is 1.20. The summed E-state index contributed by atoms with van der Waals surface area (Å²) >= 11 is 0. The molecule has 5 heteroatoms. The van der Waals surface area contributed by atoms with E-state index in [1.807, 2.05) is 19.3 Å². The van der Waals surface area contributed by atoms with Crippen molar-refractivity contribution in [3.63, 3.8) is 0 Å². The van der Waals surface area contributed by atoms with Crippen LogP contribution in [-0.4, -0.2) is 49.5 Å². The Morgan fingerprint density at radius 1 is 1.50 bits per heavy atom. The minimum absolute atomic E-state index is 0.107. The van der Waals surface area contributed by atoms with E-state index in [-0.39, 0.29) is 6.61 Å². The van der Waals surface area contributed by atoms with Gasteiger partial charge < -0.3 is 20.1 Å². The lowest BCUT2D eigenvalue weighted by Crippen LogP contribution is -2.37. The molecule has 1 saturated heterocycles. The third kappa shape index (κ3) is 3.34. The van der Waals surface area contributed by atoms with E-state index in [9.17, 15) is 0 Å². The van der Waals surface area contributed by atoms with Crippen molar-refractivity contribution in [1.29, 1.82) is 0 Å². The molecule has 1 aliphatic heterocycles. The molecule has 1 aromatic heterocycles. The number of nitrogens with one attached hydrogen (secondary N) is 1. The summed E-state index contributed by atoms with van der Waals surface area (Å²) in [4.78, 5) is 6.57. The minimum Gasteiger partial charge on any atom is -0.394 e. The zero-order valence-electron chi connectivity index (χ0n) is 10.8. The van der Waals surface area contributed by atoms with Gasteiger partial charge in [-0.05, 0) is 18.9 Å². The molecule has 2 heterocycles. The molecule has 0 spiro atoms. The van der Waals surface area contributed by atoms with Gasteiger partial charge in [-0.1, -0.05) is 0 Å². The molecule has 0 unspecified atom stereocenters. The fraction of sp³-hybridized carbons (Fsp3) is 0.615. The van der Waals surface area contributed by atoms with Crippen LogP contribution in [0.2, 0.25) is 0 Å². The number of nitrogens with zero attached hydrogens (tertiary/aromatic N) is 2. The lowest BCUT2D eigenvalue weighted by Gasteiger charge is -2.33. The smallest absolute Gasteiger partial charge is 0.127 e. The summed E-state index contributed by atoms with van der Waals surface area (Å²) in [6.45, 7) is 2.53. The number of hydrogen-bond donors (Lipinski definition) is 2. The van der Waals surface area contributed by atoms with E-state index in [1.54, 1.807) is 0 Å². The van der Waals surface area contributed by atoms with E-state index in [0.29, 0.717) is 12.7 Å². The van der Waals surface area contributed by atoms with Gasteiger partial charge in [0, 0.05) is 38.1 Å². The quantitative estimate of drug-likeness (QED) is 0.820. The van der Waals surface area contributed by atoms with Crippen molar-refractivity contribution in [1.82, 2.24) is 4.98 Å². The Balaban J connectivity index is 1.88. The second-order valence-corrected chi connectivity index (χ2v) is 4.43. The lowest BCUT2D eigenvalue weighted by molar-refractivity contribution is 0.0159. The standard InChI is InChI=1S/C13H21N3O2/c1-14-13-10-11(2-5-15-13)16-6-3-12(4-7-16)18-9-8-17/h2,5,10,12,17H,3-4,6-9H2,1H3,(H,14,15). The molecule has 0 amide bonds. The van der Waals surface area contributed by atoms with Gasteiger partial charge in [0.1, 0.15) is 5.82 Å². The molecule has 1 fully saturated rings. The number of rotatable bonds is 5. The van der Waals surface area contributed by atoms with Crippen LogP contribution in [0, 0.1) is 0 Å². The first-order valence-electron chi connectivity index (χ1n) is 6.44. The average Bonchev–Trinajstić information content (AvgIpc) is 2.46. The Labute approximate surface area is 108 Å². The van der Waals surface area contributed by atoms with Gasteiger partial charge in [0.05, 0.1) is 19.3 Å². The molecule has 0 atom stereocenters. The van der Waals surface area contributed by atoms with Crippen LogP contribution in [0.25, 0.3) is 0 Å². The fourth-order valence-corrected chi connectivity index (χ4v) is 2.25. The molecule has 0 radical (unpaired) electrons. The molecule has 100 valence electrons. The number of aromatic nitrogens is 1. The van der Waals surface area contributed by atoms with Crippen LogP contribution in [-0.2, 0) is 4.74 Å². The highest BCUT2D eigenvalue weighted by atomic mass is 16.5. The third-order valence-electron chi connectivity index (χ3n) is 3.25. The van der Waals surface area contributed by atoms with Crippen molar-refractivity contribution in [2.75, 3.05) is 43.6 Å². The van der Waals surface area contributed by atoms with E-state index in [2.05, 4.69) is 21.3 Å². The molecule has 2 rings (SSSR count). The summed E-state index contributed by atoms with van der Waals surface area (Å²) < 4.78 is 5.56. The topological polar surface area (TPSA) is 57.6 Å². The van der Waals surface area contributed by atoms with E-state index in [1.165, 1.54) is 5.69 Å². The summed E-state index contributed by atoms with van der Waals surface area (Å²) in [5, 5.41) is 11.8. The Morgan fingerprint density at radius 3 is 2.94 bits per heavy atom. The second kappa shape index (κ2) is 6.56. The molecular formula is C13H21N3O2. The zero-order valence-corrected chi connectivity index (χ0v) is 10.8.